The second kappa shape index (κ2) is 4.65. The van der Waals surface area contributed by atoms with Crippen molar-refractivity contribution in [2.45, 2.75) is 58.8 Å². The minimum atomic E-state index is -0.0784. The Hall–Kier alpha value is -1.49. The zero-order chi connectivity index (χ0) is 14.1. The molecule has 0 radical (unpaired) electrons. The largest absolute Gasteiger partial charge is 0.508 e. The highest BCUT2D eigenvalue weighted by molar-refractivity contribution is 5.48. The van der Waals surface area contributed by atoms with Gasteiger partial charge in [-0.1, -0.05) is 41.5 Å². The molecule has 0 saturated heterocycles. The predicted molar refractivity (Wildman–Crippen MR) is 74.8 cm³/mol. The molecule has 98 valence electrons. The molecule has 0 fully saturated rings. The van der Waals surface area contributed by atoms with E-state index in [1.165, 1.54) is 0 Å². The fourth-order valence-corrected chi connectivity index (χ4v) is 2.26. The average Bonchev–Trinajstić information content (AvgIpc) is 2.17. The van der Waals surface area contributed by atoms with E-state index in [2.05, 4.69) is 47.6 Å². The first-order chi connectivity index (χ1) is 8.07. The highest BCUT2D eigenvalue weighted by atomic mass is 16.3. The van der Waals surface area contributed by atoms with Crippen molar-refractivity contribution in [3.8, 4) is 11.8 Å². The molecule has 0 unspecified atom stereocenters. The summed E-state index contributed by atoms with van der Waals surface area (Å²) in [6, 6.07) is 5.83. The van der Waals surface area contributed by atoms with Crippen LogP contribution in [0.2, 0.25) is 0 Å². The van der Waals surface area contributed by atoms with Crippen LogP contribution >= 0.6 is 0 Å². The molecule has 0 aliphatic carbocycles. The van der Waals surface area contributed by atoms with Crippen LogP contribution in [0.3, 0.4) is 0 Å². The highest BCUT2D eigenvalue weighted by Crippen LogP contribution is 2.37. The van der Waals surface area contributed by atoms with Gasteiger partial charge < -0.3 is 5.11 Å². The minimum Gasteiger partial charge on any atom is -0.508 e. The van der Waals surface area contributed by atoms with Gasteiger partial charge in [-0.2, -0.15) is 5.26 Å². The maximum atomic E-state index is 9.93. The Morgan fingerprint density at radius 1 is 1.00 bits per heavy atom. The molecule has 0 aliphatic rings. The summed E-state index contributed by atoms with van der Waals surface area (Å²) in [4.78, 5) is 0. The Kier molecular flexibility index (Phi) is 3.76. The molecule has 18 heavy (non-hydrogen) atoms. The topological polar surface area (TPSA) is 44.0 Å². The van der Waals surface area contributed by atoms with Crippen molar-refractivity contribution in [3.05, 3.63) is 28.8 Å². The molecule has 0 amide bonds. The fraction of sp³-hybridized carbons (Fsp3) is 0.562. The summed E-state index contributed by atoms with van der Waals surface area (Å²) in [5.41, 5.74) is 3.04. The first-order valence-electron chi connectivity index (χ1n) is 6.31. The van der Waals surface area contributed by atoms with Crippen molar-refractivity contribution in [1.82, 2.24) is 0 Å². The zero-order valence-electron chi connectivity index (χ0n) is 12.3. The van der Waals surface area contributed by atoms with Gasteiger partial charge in [-0.25, -0.2) is 0 Å². The van der Waals surface area contributed by atoms with Gasteiger partial charge in [0.15, 0.2) is 0 Å². The minimum absolute atomic E-state index is 0.0784. The van der Waals surface area contributed by atoms with E-state index in [0.717, 1.165) is 16.7 Å². The van der Waals surface area contributed by atoms with Gasteiger partial charge in [0.1, 0.15) is 5.75 Å². The number of nitriles is 1. The predicted octanol–water partition coefficient (Wildman–Crippen LogP) is 4.05. The molecule has 0 saturated carbocycles. The zero-order valence-corrected chi connectivity index (χ0v) is 12.3. The Morgan fingerprint density at radius 3 is 1.67 bits per heavy atom. The first kappa shape index (κ1) is 14.6. The SMILES string of the molecule is CC(C)(C)c1cc(O)cc(C(C)(C)C)c1CC#N. The van der Waals surface area contributed by atoms with E-state index >= 15 is 0 Å². The third kappa shape index (κ3) is 3.04. The Morgan fingerprint density at radius 2 is 1.39 bits per heavy atom. The van der Waals surface area contributed by atoms with Crippen molar-refractivity contribution in [3.63, 3.8) is 0 Å². The van der Waals surface area contributed by atoms with Crippen LogP contribution in [0.25, 0.3) is 0 Å². The van der Waals surface area contributed by atoms with Crippen LogP contribution in [0.1, 0.15) is 58.2 Å². The summed E-state index contributed by atoms with van der Waals surface area (Å²) >= 11 is 0. The number of phenolic OH excluding ortho intramolecular Hbond substituents is 1. The summed E-state index contributed by atoms with van der Waals surface area (Å²) in [5.74, 6) is 0.284. The molecular formula is C16H23NO. The summed E-state index contributed by atoms with van der Waals surface area (Å²) in [5, 5.41) is 19.0. The van der Waals surface area contributed by atoms with E-state index in [0.29, 0.717) is 6.42 Å². The lowest BCUT2D eigenvalue weighted by Crippen LogP contribution is -2.20. The number of benzene rings is 1. The lowest BCUT2D eigenvalue weighted by atomic mass is 9.75. The molecule has 0 aromatic heterocycles. The van der Waals surface area contributed by atoms with Gasteiger partial charge >= 0.3 is 0 Å². The maximum absolute atomic E-state index is 9.93. The highest BCUT2D eigenvalue weighted by Gasteiger charge is 2.26. The smallest absolute Gasteiger partial charge is 0.116 e. The first-order valence-corrected chi connectivity index (χ1v) is 6.31. The van der Waals surface area contributed by atoms with Crippen LogP contribution in [-0.4, -0.2) is 5.11 Å². The number of hydrogen-bond acceptors (Lipinski definition) is 2. The van der Waals surface area contributed by atoms with Crippen LogP contribution in [0, 0.1) is 11.3 Å². The van der Waals surface area contributed by atoms with E-state index in [9.17, 15) is 5.11 Å². The molecule has 1 rings (SSSR count). The van der Waals surface area contributed by atoms with Gasteiger partial charge in [0.05, 0.1) is 12.5 Å². The van der Waals surface area contributed by atoms with Crippen LogP contribution < -0.4 is 0 Å². The summed E-state index contributed by atoms with van der Waals surface area (Å²) < 4.78 is 0. The number of nitrogens with zero attached hydrogens (tertiary/aromatic N) is 1. The third-order valence-corrected chi connectivity index (χ3v) is 3.11. The summed E-state index contributed by atoms with van der Waals surface area (Å²) in [6.45, 7) is 12.6. The van der Waals surface area contributed by atoms with Crippen molar-refractivity contribution < 1.29 is 5.11 Å². The number of hydrogen-bond donors (Lipinski definition) is 1. The van der Waals surface area contributed by atoms with Crippen LogP contribution in [0.5, 0.6) is 5.75 Å². The van der Waals surface area contributed by atoms with E-state index in [1.807, 2.05) is 0 Å². The van der Waals surface area contributed by atoms with E-state index in [1.54, 1.807) is 12.1 Å². The quantitative estimate of drug-likeness (QED) is 0.811. The number of rotatable bonds is 1. The Bertz CT molecular complexity index is 446. The number of aromatic hydroxyl groups is 1. The molecule has 1 N–H and O–H groups in total. The second-order valence-electron chi connectivity index (χ2n) is 6.85. The van der Waals surface area contributed by atoms with Gasteiger partial charge in [-0.15, -0.1) is 0 Å². The van der Waals surface area contributed by atoms with Gasteiger partial charge in [-0.3, -0.25) is 0 Å². The monoisotopic (exact) mass is 245 g/mol. The van der Waals surface area contributed by atoms with Crippen LogP contribution in [0.4, 0.5) is 0 Å². The number of phenols is 1. The van der Waals surface area contributed by atoms with Gasteiger partial charge in [-0.05, 0) is 39.7 Å². The van der Waals surface area contributed by atoms with Crippen LogP contribution in [0.15, 0.2) is 12.1 Å². The van der Waals surface area contributed by atoms with Crippen LogP contribution in [-0.2, 0) is 17.3 Å². The molecule has 1 aromatic rings. The molecule has 0 atom stereocenters. The normalized spacial score (nSPS) is 12.3. The van der Waals surface area contributed by atoms with Crippen molar-refractivity contribution in [2.75, 3.05) is 0 Å². The lowest BCUT2D eigenvalue weighted by molar-refractivity contribution is 0.464. The molecular weight excluding hydrogens is 222 g/mol. The third-order valence-electron chi connectivity index (χ3n) is 3.11. The maximum Gasteiger partial charge on any atom is 0.116 e. The molecule has 0 bridgehead atoms. The van der Waals surface area contributed by atoms with Gasteiger partial charge in [0.2, 0.25) is 0 Å². The molecule has 2 nitrogen and oxygen atoms in total. The molecule has 2 heteroatoms. The molecule has 0 spiro atoms. The molecule has 0 heterocycles. The molecule has 1 aromatic carbocycles. The van der Waals surface area contributed by atoms with Crippen molar-refractivity contribution in [2.24, 2.45) is 0 Å². The van der Waals surface area contributed by atoms with Crippen molar-refractivity contribution >= 4 is 0 Å². The summed E-state index contributed by atoms with van der Waals surface area (Å²) in [6.07, 6.45) is 0.388. The standard InChI is InChI=1S/C16H23NO/c1-15(2,3)13-9-11(18)10-14(16(4,5)6)12(13)7-8-17/h9-10,18H,7H2,1-6H3. The van der Waals surface area contributed by atoms with Gasteiger partial charge in [0.25, 0.3) is 0 Å². The second-order valence-corrected chi connectivity index (χ2v) is 6.85. The average molecular weight is 245 g/mol. The van der Waals surface area contributed by atoms with Gasteiger partial charge in [0, 0.05) is 0 Å². The van der Waals surface area contributed by atoms with E-state index in [-0.39, 0.29) is 16.6 Å². The van der Waals surface area contributed by atoms with E-state index < -0.39 is 0 Å². The van der Waals surface area contributed by atoms with Crippen molar-refractivity contribution in [1.29, 1.82) is 5.26 Å². The van der Waals surface area contributed by atoms with E-state index in [4.69, 9.17) is 5.26 Å². The Balaban J connectivity index is 3.63. The fourth-order valence-electron chi connectivity index (χ4n) is 2.26. The molecule has 0 aliphatic heterocycles. The summed E-state index contributed by atoms with van der Waals surface area (Å²) in [7, 11) is 0. The lowest BCUT2D eigenvalue weighted by Gasteiger charge is -2.29. The Labute approximate surface area is 110 Å².